The molecule has 1 rings (SSSR count). The molecule has 13 heavy (non-hydrogen) atoms. The Morgan fingerprint density at radius 2 is 2.38 bits per heavy atom. The number of carbonyl (C=O) groups excluding carboxylic acids is 1. The first-order valence-corrected chi connectivity index (χ1v) is 4.75. The zero-order chi connectivity index (χ0) is 9.14. The van der Waals surface area contributed by atoms with Crippen LogP contribution in [0.1, 0.15) is 4.88 Å². The van der Waals surface area contributed by atoms with Gasteiger partial charge in [-0.3, -0.25) is 9.10 Å². The van der Waals surface area contributed by atoms with Crippen molar-refractivity contribution in [3.8, 4) is 0 Å². The summed E-state index contributed by atoms with van der Waals surface area (Å²) in [4.78, 5) is 11.2. The van der Waals surface area contributed by atoms with Crippen molar-refractivity contribution in [2.24, 2.45) is 5.73 Å². The molecule has 0 saturated heterocycles. The van der Waals surface area contributed by atoms with Gasteiger partial charge in [-0.2, -0.15) is 0 Å². The van der Waals surface area contributed by atoms with Crippen LogP contribution in [0.25, 0.3) is 0 Å². The van der Waals surface area contributed by atoms with E-state index in [1.54, 1.807) is 5.38 Å². The minimum Gasteiger partial charge on any atom is -0.326 e. The minimum absolute atomic E-state index is 0. The second-order valence-corrected chi connectivity index (χ2v) is 3.79. The lowest BCUT2D eigenvalue weighted by atomic mass is 10.4. The Morgan fingerprint density at radius 3 is 2.77 bits per heavy atom. The van der Waals surface area contributed by atoms with Crippen molar-refractivity contribution in [3.05, 3.63) is 15.3 Å². The van der Waals surface area contributed by atoms with Gasteiger partial charge in [0.2, 0.25) is 6.41 Å². The Kier molecular flexibility index (Phi) is 5.75. The fraction of sp³-hybridized carbons (Fsp3) is 0.167. The normalized spacial score (nSPS) is 9.15. The number of halogens is 2. The molecule has 0 saturated carbocycles. The first-order valence-electron chi connectivity index (χ1n) is 3.10. The second kappa shape index (κ2) is 5.72. The van der Waals surface area contributed by atoms with Crippen LogP contribution in [0.4, 0.5) is 5.69 Å². The van der Waals surface area contributed by atoms with Gasteiger partial charge in [0.1, 0.15) is 0 Å². The molecule has 0 aliphatic rings. The van der Waals surface area contributed by atoms with E-state index in [2.05, 4.69) is 12.8 Å². The first-order chi connectivity index (χ1) is 5.70. The summed E-state index contributed by atoms with van der Waals surface area (Å²) >= 11 is 11.2. The van der Waals surface area contributed by atoms with Gasteiger partial charge in [0.05, 0.1) is 10.7 Å². The topological polar surface area (TPSA) is 46.3 Å². The highest BCUT2D eigenvalue weighted by Crippen LogP contribution is 2.34. The quantitative estimate of drug-likeness (QED) is 0.645. The lowest BCUT2D eigenvalue weighted by Gasteiger charge is -2.06. The maximum Gasteiger partial charge on any atom is 0.224 e. The third-order valence-electron chi connectivity index (χ3n) is 1.31. The molecule has 2 N–H and O–H groups in total. The highest BCUT2D eigenvalue weighted by atomic mass is 35.5. The van der Waals surface area contributed by atoms with Crippen molar-refractivity contribution in [3.63, 3.8) is 0 Å². The highest BCUT2D eigenvalue weighted by Gasteiger charge is 2.11. The smallest absolute Gasteiger partial charge is 0.224 e. The number of rotatable bonds is 3. The van der Waals surface area contributed by atoms with E-state index in [4.69, 9.17) is 17.3 Å². The molecule has 0 unspecified atom stereocenters. The van der Waals surface area contributed by atoms with Crippen LogP contribution < -0.4 is 10.0 Å². The molecular weight excluding hydrogens is 251 g/mol. The number of carbonyl (C=O) groups is 1. The Hall–Kier alpha value is 0.0600. The van der Waals surface area contributed by atoms with E-state index in [1.807, 2.05) is 0 Å². The number of nitrogens with two attached hydrogens (primary N) is 1. The first kappa shape index (κ1) is 13.1. The van der Waals surface area contributed by atoms with Crippen molar-refractivity contribution >= 4 is 60.3 Å². The molecule has 1 aromatic heterocycles. The predicted octanol–water partition coefficient (Wildman–Crippen LogP) is 2.09. The molecule has 1 aromatic rings. The molecule has 0 bridgehead atoms. The number of thiol groups is 1. The van der Waals surface area contributed by atoms with Crippen LogP contribution in [0.5, 0.6) is 0 Å². The third-order valence-corrected chi connectivity index (χ3v) is 3.15. The van der Waals surface area contributed by atoms with Gasteiger partial charge in [-0.15, -0.1) is 23.7 Å². The van der Waals surface area contributed by atoms with E-state index in [0.29, 0.717) is 23.7 Å². The van der Waals surface area contributed by atoms with Gasteiger partial charge in [0, 0.05) is 16.8 Å². The maximum atomic E-state index is 10.3. The molecular formula is C6H8Cl2N2OS2. The fourth-order valence-corrected chi connectivity index (χ4v) is 2.23. The van der Waals surface area contributed by atoms with Crippen LogP contribution in [0.3, 0.4) is 0 Å². The summed E-state index contributed by atoms with van der Waals surface area (Å²) in [5.41, 5.74) is 5.98. The van der Waals surface area contributed by atoms with Crippen LogP contribution >= 0.6 is 48.2 Å². The molecule has 0 spiro atoms. The lowest BCUT2D eigenvalue weighted by Crippen LogP contribution is -2.05. The van der Waals surface area contributed by atoms with Crippen LogP contribution in [-0.2, 0) is 11.3 Å². The SMILES string of the molecule is Cl.NCc1scc(N(S)C=O)c1Cl. The summed E-state index contributed by atoms with van der Waals surface area (Å²) in [6.07, 6.45) is 0.581. The zero-order valence-electron chi connectivity index (χ0n) is 6.44. The minimum atomic E-state index is 0. The number of thiophene rings is 1. The van der Waals surface area contributed by atoms with Crippen LogP contribution in [0.2, 0.25) is 5.02 Å². The zero-order valence-corrected chi connectivity index (χ0v) is 9.72. The molecule has 0 aromatic carbocycles. The summed E-state index contributed by atoms with van der Waals surface area (Å²) in [6, 6.07) is 0. The Morgan fingerprint density at radius 1 is 1.77 bits per heavy atom. The van der Waals surface area contributed by atoms with E-state index < -0.39 is 0 Å². The van der Waals surface area contributed by atoms with Gasteiger partial charge in [-0.25, -0.2) is 0 Å². The van der Waals surface area contributed by atoms with Gasteiger partial charge >= 0.3 is 0 Å². The monoisotopic (exact) mass is 258 g/mol. The summed E-state index contributed by atoms with van der Waals surface area (Å²) in [5, 5.41) is 2.25. The maximum absolute atomic E-state index is 10.3. The molecule has 1 heterocycles. The predicted molar refractivity (Wildman–Crippen MR) is 62.0 cm³/mol. The number of nitrogens with zero attached hydrogens (tertiary/aromatic N) is 1. The molecule has 0 aliphatic carbocycles. The molecule has 74 valence electrons. The molecule has 0 fully saturated rings. The standard InChI is InChI=1S/C6H7ClN2OS2.ClH/c7-6-4(9(11)3-10)2-12-5(6)1-8;/h2-3,11H,1,8H2;1H. The van der Waals surface area contributed by atoms with E-state index >= 15 is 0 Å². The molecule has 0 atom stereocenters. The molecule has 0 aliphatic heterocycles. The number of hydrogen-bond donors (Lipinski definition) is 2. The third kappa shape index (κ3) is 2.75. The van der Waals surface area contributed by atoms with E-state index in [9.17, 15) is 4.79 Å². The van der Waals surface area contributed by atoms with Gasteiger partial charge in [-0.05, 0) is 0 Å². The summed E-state index contributed by atoms with van der Waals surface area (Å²) in [7, 11) is 0. The largest absolute Gasteiger partial charge is 0.326 e. The van der Waals surface area contributed by atoms with E-state index in [0.717, 1.165) is 9.18 Å². The number of anilines is 1. The van der Waals surface area contributed by atoms with E-state index in [1.165, 1.54) is 11.3 Å². The number of hydrogen-bond acceptors (Lipinski definition) is 4. The van der Waals surface area contributed by atoms with Crippen molar-refractivity contribution in [2.75, 3.05) is 4.31 Å². The number of amides is 1. The van der Waals surface area contributed by atoms with Gasteiger partial charge in [0.15, 0.2) is 0 Å². The van der Waals surface area contributed by atoms with Crippen molar-refractivity contribution in [1.29, 1.82) is 0 Å². The average Bonchev–Trinajstić information content (AvgIpc) is 2.45. The Balaban J connectivity index is 0.00000144. The summed E-state index contributed by atoms with van der Waals surface area (Å²) in [5.74, 6) is 0. The van der Waals surface area contributed by atoms with Gasteiger partial charge < -0.3 is 5.73 Å². The molecule has 7 heteroatoms. The Bertz CT molecular complexity index is 292. The van der Waals surface area contributed by atoms with Gasteiger partial charge in [-0.1, -0.05) is 24.4 Å². The average molecular weight is 259 g/mol. The lowest BCUT2D eigenvalue weighted by molar-refractivity contribution is -0.106. The Labute approximate surface area is 96.8 Å². The van der Waals surface area contributed by atoms with Crippen LogP contribution in [0.15, 0.2) is 5.38 Å². The van der Waals surface area contributed by atoms with Crippen LogP contribution in [-0.4, -0.2) is 6.41 Å². The van der Waals surface area contributed by atoms with Crippen molar-refractivity contribution < 1.29 is 4.79 Å². The molecule has 3 nitrogen and oxygen atoms in total. The summed E-state index contributed by atoms with van der Waals surface area (Å²) in [6.45, 7) is 0.379. The highest BCUT2D eigenvalue weighted by molar-refractivity contribution is 7.82. The second-order valence-electron chi connectivity index (χ2n) is 2.01. The van der Waals surface area contributed by atoms with Gasteiger partial charge in [0.25, 0.3) is 0 Å². The van der Waals surface area contributed by atoms with Crippen molar-refractivity contribution in [2.45, 2.75) is 6.54 Å². The molecule has 1 amide bonds. The van der Waals surface area contributed by atoms with Crippen LogP contribution in [0, 0.1) is 0 Å². The summed E-state index contributed by atoms with van der Waals surface area (Å²) < 4.78 is 1.12. The fourth-order valence-electron chi connectivity index (χ4n) is 0.722. The molecule has 0 radical (unpaired) electrons. The van der Waals surface area contributed by atoms with E-state index in [-0.39, 0.29) is 12.4 Å². The van der Waals surface area contributed by atoms with Crippen molar-refractivity contribution in [1.82, 2.24) is 0 Å².